The molecule has 3 nitrogen and oxygen atoms in total. The van der Waals surface area contributed by atoms with E-state index in [1.54, 1.807) is 6.20 Å². The highest BCUT2D eigenvalue weighted by molar-refractivity contribution is 5.91. The van der Waals surface area contributed by atoms with Crippen molar-refractivity contribution in [3.63, 3.8) is 0 Å². The molecule has 0 N–H and O–H groups in total. The number of hydrogen-bond acceptors (Lipinski definition) is 2. The summed E-state index contributed by atoms with van der Waals surface area (Å²) in [6.07, 6.45) is 5.87. The van der Waals surface area contributed by atoms with Gasteiger partial charge < -0.3 is 4.90 Å². The van der Waals surface area contributed by atoms with Crippen molar-refractivity contribution in [2.45, 2.75) is 31.1 Å². The Kier molecular flexibility index (Phi) is 3.64. The molecule has 4 rings (SSSR count). The molecular weight excluding hydrogens is 284 g/mol. The monoisotopic (exact) mass is 306 g/mol. The van der Waals surface area contributed by atoms with Crippen molar-refractivity contribution >= 4 is 5.91 Å². The fourth-order valence-electron chi connectivity index (χ4n) is 3.78. The number of amides is 1. The van der Waals surface area contributed by atoms with Crippen molar-refractivity contribution in [3.8, 4) is 0 Å². The van der Waals surface area contributed by atoms with E-state index in [1.165, 1.54) is 5.56 Å². The van der Waals surface area contributed by atoms with Crippen LogP contribution in [0.25, 0.3) is 0 Å². The summed E-state index contributed by atoms with van der Waals surface area (Å²) in [6, 6.07) is 16.5. The van der Waals surface area contributed by atoms with Crippen molar-refractivity contribution in [1.82, 2.24) is 9.88 Å². The Balaban J connectivity index is 1.43. The van der Waals surface area contributed by atoms with E-state index in [2.05, 4.69) is 40.2 Å². The molecule has 1 unspecified atom stereocenters. The number of carbonyl (C=O) groups excluding carboxylic acids is 1. The predicted octanol–water partition coefficient (Wildman–Crippen LogP) is 3.20. The minimum atomic E-state index is -0.317. The molecule has 118 valence electrons. The van der Waals surface area contributed by atoms with E-state index in [9.17, 15) is 4.79 Å². The van der Waals surface area contributed by atoms with Gasteiger partial charge in [0.25, 0.3) is 0 Å². The van der Waals surface area contributed by atoms with Crippen molar-refractivity contribution in [3.05, 3.63) is 66.0 Å². The molecule has 2 heterocycles. The fourth-order valence-corrected chi connectivity index (χ4v) is 3.78. The van der Waals surface area contributed by atoms with E-state index in [0.29, 0.717) is 11.8 Å². The minimum absolute atomic E-state index is 0.298. The third kappa shape index (κ3) is 2.76. The largest absolute Gasteiger partial charge is 0.342 e. The lowest BCUT2D eigenvalue weighted by Crippen LogP contribution is -2.38. The summed E-state index contributed by atoms with van der Waals surface area (Å²) in [6.45, 7) is 1.78. The van der Waals surface area contributed by atoms with Crippen molar-refractivity contribution in [1.29, 1.82) is 0 Å². The molecule has 1 saturated carbocycles. The van der Waals surface area contributed by atoms with E-state index in [1.807, 2.05) is 18.2 Å². The Labute approximate surface area is 137 Å². The van der Waals surface area contributed by atoms with Gasteiger partial charge in [0.1, 0.15) is 0 Å². The van der Waals surface area contributed by atoms with Gasteiger partial charge in [-0.2, -0.15) is 0 Å². The van der Waals surface area contributed by atoms with Crippen molar-refractivity contribution in [2.24, 2.45) is 5.92 Å². The molecule has 23 heavy (non-hydrogen) atoms. The van der Waals surface area contributed by atoms with Gasteiger partial charge in [-0.3, -0.25) is 9.78 Å². The number of rotatable bonds is 4. The first-order valence-corrected chi connectivity index (χ1v) is 8.53. The highest BCUT2D eigenvalue weighted by atomic mass is 16.2. The smallest absolute Gasteiger partial charge is 0.234 e. The molecule has 1 aromatic carbocycles. The van der Waals surface area contributed by atoms with Gasteiger partial charge in [0.15, 0.2) is 0 Å². The Morgan fingerprint density at radius 3 is 2.61 bits per heavy atom. The number of likely N-dealkylation sites (tertiary alicyclic amines) is 1. The summed E-state index contributed by atoms with van der Waals surface area (Å²) in [5, 5.41) is 0. The Hall–Kier alpha value is -2.16. The van der Waals surface area contributed by atoms with Crippen LogP contribution >= 0.6 is 0 Å². The van der Waals surface area contributed by atoms with Crippen LogP contribution in [0.3, 0.4) is 0 Å². The van der Waals surface area contributed by atoms with E-state index in [-0.39, 0.29) is 5.41 Å². The average Bonchev–Trinajstić information content (AvgIpc) is 3.30. The van der Waals surface area contributed by atoms with Crippen LogP contribution in [-0.2, 0) is 16.6 Å². The number of benzene rings is 1. The second kappa shape index (κ2) is 5.80. The molecule has 1 amide bonds. The van der Waals surface area contributed by atoms with Crippen LogP contribution in [0.15, 0.2) is 54.7 Å². The molecule has 1 aromatic heterocycles. The molecule has 0 radical (unpaired) electrons. The molecule has 0 spiro atoms. The van der Waals surface area contributed by atoms with Gasteiger partial charge in [-0.1, -0.05) is 36.4 Å². The summed E-state index contributed by atoms with van der Waals surface area (Å²) in [4.78, 5) is 19.5. The topological polar surface area (TPSA) is 33.2 Å². The van der Waals surface area contributed by atoms with Crippen LogP contribution in [0.2, 0.25) is 0 Å². The van der Waals surface area contributed by atoms with Crippen molar-refractivity contribution < 1.29 is 4.79 Å². The van der Waals surface area contributed by atoms with E-state index in [4.69, 9.17) is 0 Å². The van der Waals surface area contributed by atoms with Gasteiger partial charge >= 0.3 is 0 Å². The lowest BCUT2D eigenvalue weighted by Gasteiger charge is -2.23. The van der Waals surface area contributed by atoms with Crippen molar-refractivity contribution in [2.75, 3.05) is 13.1 Å². The summed E-state index contributed by atoms with van der Waals surface area (Å²) in [7, 11) is 0. The first-order chi connectivity index (χ1) is 11.3. The van der Waals surface area contributed by atoms with Crippen LogP contribution in [0.4, 0.5) is 0 Å². The lowest BCUT2D eigenvalue weighted by atomic mass is 9.98. The fraction of sp³-hybridized carbons (Fsp3) is 0.400. The van der Waals surface area contributed by atoms with Gasteiger partial charge in [0.05, 0.1) is 11.1 Å². The highest BCUT2D eigenvalue weighted by Crippen LogP contribution is 2.49. The summed E-state index contributed by atoms with van der Waals surface area (Å²) in [5.74, 6) is 0.882. The minimum Gasteiger partial charge on any atom is -0.342 e. The first-order valence-electron chi connectivity index (χ1n) is 8.53. The Morgan fingerprint density at radius 1 is 1.13 bits per heavy atom. The molecule has 2 aromatic rings. The normalized spacial score (nSPS) is 22.1. The summed E-state index contributed by atoms with van der Waals surface area (Å²) < 4.78 is 0. The van der Waals surface area contributed by atoms with Gasteiger partial charge in [0.2, 0.25) is 5.91 Å². The SMILES string of the molecule is O=C(N1CCC(Cc2ccccc2)C1)C1(c2ccccn2)CC1. The maximum absolute atomic E-state index is 13.0. The van der Waals surface area contributed by atoms with Gasteiger partial charge in [-0.15, -0.1) is 0 Å². The number of hydrogen-bond donors (Lipinski definition) is 0. The standard InChI is InChI=1S/C20H22N2O/c23-19(20(10-11-20)18-8-4-5-12-21-18)22-13-9-17(15-22)14-16-6-2-1-3-7-16/h1-8,12,17H,9-11,13-15H2. The summed E-state index contributed by atoms with van der Waals surface area (Å²) >= 11 is 0. The molecular formula is C20H22N2O. The molecule has 2 fully saturated rings. The van der Waals surface area contributed by atoms with E-state index < -0.39 is 0 Å². The van der Waals surface area contributed by atoms with Gasteiger partial charge in [-0.25, -0.2) is 0 Å². The maximum atomic E-state index is 13.0. The zero-order valence-electron chi connectivity index (χ0n) is 13.3. The number of nitrogens with zero attached hydrogens (tertiary/aromatic N) is 2. The molecule has 1 aliphatic heterocycles. The lowest BCUT2D eigenvalue weighted by molar-refractivity contribution is -0.133. The molecule has 0 bridgehead atoms. The third-order valence-electron chi connectivity index (χ3n) is 5.25. The third-order valence-corrected chi connectivity index (χ3v) is 5.25. The number of aromatic nitrogens is 1. The zero-order valence-corrected chi connectivity index (χ0v) is 13.3. The van der Waals surface area contributed by atoms with Crippen LogP contribution < -0.4 is 0 Å². The Bertz CT molecular complexity index is 679. The van der Waals surface area contributed by atoms with Crippen LogP contribution in [0.1, 0.15) is 30.5 Å². The molecule has 1 saturated heterocycles. The summed E-state index contributed by atoms with van der Waals surface area (Å²) in [5.41, 5.74) is 2.01. The molecule has 2 aliphatic rings. The second-order valence-corrected chi connectivity index (χ2v) is 6.89. The molecule has 1 aliphatic carbocycles. The highest BCUT2D eigenvalue weighted by Gasteiger charge is 2.54. The maximum Gasteiger partial charge on any atom is 0.234 e. The first kappa shape index (κ1) is 14.4. The molecule has 3 heteroatoms. The van der Waals surface area contributed by atoms with Crippen LogP contribution in [-0.4, -0.2) is 28.9 Å². The Morgan fingerprint density at radius 2 is 1.91 bits per heavy atom. The average molecular weight is 306 g/mol. The van der Waals surface area contributed by atoms with Gasteiger partial charge in [0, 0.05) is 19.3 Å². The van der Waals surface area contributed by atoms with Crippen LogP contribution in [0, 0.1) is 5.92 Å². The molecule has 1 atom stereocenters. The van der Waals surface area contributed by atoms with E-state index in [0.717, 1.165) is 44.5 Å². The number of pyridine rings is 1. The number of carbonyl (C=O) groups is 1. The second-order valence-electron chi connectivity index (χ2n) is 6.89. The van der Waals surface area contributed by atoms with Gasteiger partial charge in [-0.05, 0) is 49.3 Å². The van der Waals surface area contributed by atoms with E-state index >= 15 is 0 Å². The van der Waals surface area contributed by atoms with Crippen LogP contribution in [0.5, 0.6) is 0 Å². The quantitative estimate of drug-likeness (QED) is 0.869. The zero-order chi connectivity index (χ0) is 15.7. The predicted molar refractivity (Wildman–Crippen MR) is 90.0 cm³/mol.